The van der Waals surface area contributed by atoms with Crippen LogP contribution in [0.3, 0.4) is 0 Å². The van der Waals surface area contributed by atoms with Crippen molar-refractivity contribution in [1.29, 1.82) is 0 Å². The molecule has 1 saturated carbocycles. The topological polar surface area (TPSA) is 52.9 Å². The van der Waals surface area contributed by atoms with E-state index in [2.05, 4.69) is 24.9 Å². The molecule has 4 nitrogen and oxygen atoms in total. The van der Waals surface area contributed by atoms with Crippen LogP contribution in [0.1, 0.15) is 56.6 Å². The maximum atomic E-state index is 12.2. The summed E-state index contributed by atoms with van der Waals surface area (Å²) in [6, 6.07) is 3.64. The highest BCUT2D eigenvalue weighted by molar-refractivity contribution is 5.64. The third-order valence-corrected chi connectivity index (χ3v) is 7.26. The summed E-state index contributed by atoms with van der Waals surface area (Å²) in [5.41, 5.74) is 0.690. The average Bonchev–Trinajstić information content (AvgIpc) is 3.35. The fourth-order valence-electron chi connectivity index (χ4n) is 5.99. The lowest BCUT2D eigenvalue weighted by molar-refractivity contribution is -0.113. The average molecular weight is 355 g/mol. The number of rotatable bonds is 5. The van der Waals surface area contributed by atoms with E-state index in [9.17, 15) is 10.2 Å². The van der Waals surface area contributed by atoms with Crippen molar-refractivity contribution in [2.75, 3.05) is 13.6 Å². The van der Waals surface area contributed by atoms with Crippen molar-refractivity contribution in [2.45, 2.75) is 68.9 Å². The molecule has 3 atom stereocenters. The van der Waals surface area contributed by atoms with Crippen molar-refractivity contribution in [2.24, 2.45) is 5.92 Å². The van der Waals surface area contributed by atoms with Gasteiger partial charge in [-0.05, 0) is 69.7 Å². The second kappa shape index (κ2) is 5.49. The van der Waals surface area contributed by atoms with Crippen LogP contribution in [0.5, 0.6) is 11.5 Å². The van der Waals surface area contributed by atoms with Gasteiger partial charge in [0, 0.05) is 23.7 Å². The molecular formula is C22H29NO3. The van der Waals surface area contributed by atoms with Gasteiger partial charge in [0.25, 0.3) is 0 Å². The van der Waals surface area contributed by atoms with Gasteiger partial charge in [0.1, 0.15) is 17.3 Å². The quantitative estimate of drug-likeness (QED) is 0.849. The normalized spacial score (nSPS) is 34.5. The number of aliphatic hydroxyl groups is 1. The van der Waals surface area contributed by atoms with Gasteiger partial charge in [-0.2, -0.15) is 0 Å². The van der Waals surface area contributed by atoms with Gasteiger partial charge in [-0.15, -0.1) is 0 Å². The van der Waals surface area contributed by atoms with Crippen LogP contribution in [0.25, 0.3) is 0 Å². The van der Waals surface area contributed by atoms with E-state index >= 15 is 0 Å². The summed E-state index contributed by atoms with van der Waals surface area (Å²) in [7, 11) is 2.15. The van der Waals surface area contributed by atoms with Crippen molar-refractivity contribution in [3.05, 3.63) is 35.1 Å². The summed E-state index contributed by atoms with van der Waals surface area (Å²) in [4.78, 5) is 2.37. The number of likely N-dealkylation sites (N-methyl/N-ethyl adjacent to an activating group) is 1. The Balaban J connectivity index is 1.72. The van der Waals surface area contributed by atoms with Crippen LogP contribution < -0.4 is 4.74 Å². The number of allylic oxidation sites excluding steroid dienone is 1. The van der Waals surface area contributed by atoms with Crippen molar-refractivity contribution in [3.8, 4) is 11.5 Å². The Kier molecular flexibility index (Phi) is 3.51. The maximum absolute atomic E-state index is 12.2. The molecule has 0 radical (unpaired) electrons. The van der Waals surface area contributed by atoms with Gasteiger partial charge in [-0.25, -0.2) is 0 Å². The fourth-order valence-corrected chi connectivity index (χ4v) is 5.99. The van der Waals surface area contributed by atoms with Gasteiger partial charge < -0.3 is 14.9 Å². The van der Waals surface area contributed by atoms with Crippen LogP contribution in [-0.2, 0) is 11.8 Å². The molecule has 0 saturated heterocycles. The molecule has 140 valence electrons. The molecular weight excluding hydrogens is 326 g/mol. The molecule has 5 rings (SSSR count). The summed E-state index contributed by atoms with van der Waals surface area (Å²) in [5, 5.41) is 22.9. The molecule has 4 aliphatic rings. The van der Waals surface area contributed by atoms with Crippen LogP contribution in [0.15, 0.2) is 24.0 Å². The molecule has 0 bridgehead atoms. The first kappa shape index (κ1) is 16.6. The van der Waals surface area contributed by atoms with Crippen molar-refractivity contribution >= 4 is 0 Å². The first-order chi connectivity index (χ1) is 12.5. The number of hydrogen-bond acceptors (Lipinski definition) is 4. The molecule has 3 aliphatic carbocycles. The number of nitrogens with zero attached hydrogens (tertiary/aromatic N) is 1. The monoisotopic (exact) mass is 355 g/mol. The molecule has 0 amide bonds. The van der Waals surface area contributed by atoms with E-state index in [4.69, 9.17) is 4.74 Å². The zero-order chi connectivity index (χ0) is 18.1. The van der Waals surface area contributed by atoms with Gasteiger partial charge in [0.05, 0.1) is 11.0 Å². The number of aromatic hydroxyl groups is 1. The maximum Gasteiger partial charge on any atom is 0.131 e. The summed E-state index contributed by atoms with van der Waals surface area (Å²) in [5.74, 6) is 2.87. The van der Waals surface area contributed by atoms with Crippen LogP contribution in [0.4, 0.5) is 0 Å². The number of hydrogen-bond donors (Lipinski definition) is 2. The van der Waals surface area contributed by atoms with Crippen molar-refractivity contribution in [1.82, 2.24) is 4.90 Å². The fraction of sp³-hybridized carbons (Fsp3) is 0.636. The Morgan fingerprint density at radius 2 is 2.12 bits per heavy atom. The standard InChI is InChI=1S/C22H29NO3/c1-3-10-21-19-5-4-11-22(21,25)18(23(2)13-14-6-7-14)12-15-16(24)8-9-17(26-19)20(15)21/h5,8-9,14,18,24-25H,3-4,6-7,10-13H2,1-2H3/t18?,21-,22?/m1/s1. The first-order valence-corrected chi connectivity index (χ1v) is 10.2. The Morgan fingerprint density at radius 1 is 1.31 bits per heavy atom. The molecule has 1 fully saturated rings. The molecule has 1 aromatic rings. The predicted molar refractivity (Wildman–Crippen MR) is 100 cm³/mol. The van der Waals surface area contributed by atoms with Gasteiger partial charge in [0.2, 0.25) is 0 Å². The number of phenolic OH excluding ortho intramolecular Hbond substituents is 1. The summed E-state index contributed by atoms with van der Waals surface area (Å²) < 4.78 is 6.27. The lowest BCUT2D eigenvalue weighted by atomic mass is 9.53. The Morgan fingerprint density at radius 3 is 2.85 bits per heavy atom. The highest BCUT2D eigenvalue weighted by Crippen LogP contribution is 2.64. The van der Waals surface area contributed by atoms with E-state index in [-0.39, 0.29) is 6.04 Å². The highest BCUT2D eigenvalue weighted by atomic mass is 16.5. The van der Waals surface area contributed by atoms with Gasteiger partial charge in [0.15, 0.2) is 0 Å². The third kappa shape index (κ3) is 1.97. The molecule has 2 unspecified atom stereocenters. The molecule has 0 spiro atoms. The minimum absolute atomic E-state index is 0.00806. The Hall–Kier alpha value is -1.52. The van der Waals surface area contributed by atoms with E-state index in [1.807, 2.05) is 6.07 Å². The first-order valence-electron chi connectivity index (χ1n) is 10.2. The van der Waals surface area contributed by atoms with Crippen molar-refractivity contribution in [3.63, 3.8) is 0 Å². The molecule has 4 heteroatoms. The van der Waals surface area contributed by atoms with E-state index < -0.39 is 11.0 Å². The number of ether oxygens (including phenoxy) is 1. The molecule has 1 aromatic carbocycles. The van der Waals surface area contributed by atoms with Crippen molar-refractivity contribution < 1.29 is 14.9 Å². The minimum Gasteiger partial charge on any atom is -0.508 e. The smallest absolute Gasteiger partial charge is 0.131 e. The largest absolute Gasteiger partial charge is 0.508 e. The van der Waals surface area contributed by atoms with Gasteiger partial charge >= 0.3 is 0 Å². The van der Waals surface area contributed by atoms with Crippen LogP contribution >= 0.6 is 0 Å². The SMILES string of the molecule is CCC[C@]12C3=CCCC1(O)C(N(C)CC1CC1)Cc1c(O)ccc(c12)O3. The highest BCUT2D eigenvalue weighted by Gasteiger charge is 2.66. The summed E-state index contributed by atoms with van der Waals surface area (Å²) >= 11 is 0. The van der Waals surface area contributed by atoms with Gasteiger partial charge in [-0.1, -0.05) is 13.3 Å². The van der Waals surface area contributed by atoms with Crippen LogP contribution in [-0.4, -0.2) is 40.3 Å². The zero-order valence-corrected chi connectivity index (χ0v) is 15.8. The zero-order valence-electron chi connectivity index (χ0n) is 15.8. The van der Waals surface area contributed by atoms with E-state index in [0.29, 0.717) is 12.2 Å². The van der Waals surface area contributed by atoms with Crippen LogP contribution in [0.2, 0.25) is 0 Å². The second-order valence-corrected chi connectivity index (χ2v) is 8.83. The number of benzene rings is 1. The molecule has 1 heterocycles. The lowest BCUT2D eigenvalue weighted by Gasteiger charge is -2.56. The third-order valence-electron chi connectivity index (χ3n) is 7.26. The summed E-state index contributed by atoms with van der Waals surface area (Å²) in [6.45, 7) is 3.21. The van der Waals surface area contributed by atoms with Crippen LogP contribution in [0, 0.1) is 5.92 Å². The second-order valence-electron chi connectivity index (χ2n) is 8.83. The Labute approximate surface area is 155 Å². The molecule has 2 N–H and O–H groups in total. The summed E-state index contributed by atoms with van der Waals surface area (Å²) in [6.07, 6.45) is 8.90. The minimum atomic E-state index is -0.844. The Bertz CT molecular complexity index is 784. The van der Waals surface area contributed by atoms with E-state index in [1.165, 1.54) is 12.8 Å². The molecule has 26 heavy (non-hydrogen) atoms. The van der Waals surface area contributed by atoms with E-state index in [1.54, 1.807) is 6.07 Å². The molecule has 0 aromatic heterocycles. The number of phenols is 1. The predicted octanol–water partition coefficient (Wildman–Crippen LogP) is 3.50. The molecule has 1 aliphatic heterocycles. The van der Waals surface area contributed by atoms with Gasteiger partial charge in [-0.3, -0.25) is 4.90 Å². The lowest BCUT2D eigenvalue weighted by Crippen LogP contribution is -2.67. The van der Waals surface area contributed by atoms with E-state index in [0.717, 1.165) is 60.8 Å².